The number of benzene rings is 1. The van der Waals surface area contributed by atoms with Crippen molar-refractivity contribution in [3.8, 4) is 5.75 Å². The van der Waals surface area contributed by atoms with Gasteiger partial charge in [0, 0.05) is 24.7 Å². The fourth-order valence-corrected chi connectivity index (χ4v) is 4.46. The second-order valence-corrected chi connectivity index (χ2v) is 7.59. The van der Waals surface area contributed by atoms with Crippen molar-refractivity contribution < 1.29 is 4.74 Å². The Hall–Kier alpha value is -2.20. The number of aromatic nitrogens is 2. The van der Waals surface area contributed by atoms with Crippen molar-refractivity contribution >= 4 is 6.08 Å². The lowest BCUT2D eigenvalue weighted by molar-refractivity contribution is 0.156. The van der Waals surface area contributed by atoms with Crippen LogP contribution in [0.2, 0.25) is 0 Å². The monoisotopic (exact) mass is 349 g/mol. The Morgan fingerprint density at radius 2 is 2.08 bits per heavy atom. The number of methoxy groups -OCH3 is 1. The van der Waals surface area contributed by atoms with Crippen LogP contribution < -0.4 is 4.74 Å². The Labute approximate surface area is 155 Å². The molecule has 1 atom stereocenters. The Morgan fingerprint density at radius 3 is 2.88 bits per heavy atom. The average molecular weight is 349 g/mol. The first kappa shape index (κ1) is 17.2. The molecule has 2 heterocycles. The summed E-state index contributed by atoms with van der Waals surface area (Å²) in [5.41, 5.74) is 4.15. The van der Waals surface area contributed by atoms with E-state index in [1.807, 2.05) is 19.1 Å². The predicted molar refractivity (Wildman–Crippen MR) is 104 cm³/mol. The molecule has 0 saturated carbocycles. The fraction of sp³-hybridized carbons (Fsp3) is 0.455. The van der Waals surface area contributed by atoms with Crippen molar-refractivity contribution in [2.45, 2.75) is 38.0 Å². The van der Waals surface area contributed by atoms with Gasteiger partial charge in [-0.25, -0.2) is 9.97 Å². The molecule has 4 rings (SSSR count). The minimum Gasteiger partial charge on any atom is -0.497 e. The SMILES string of the molecule is COc1ccc(/C=C/CN2CCCC3(CCc4cnc(C)nc43)C2)cc1. The molecule has 1 spiro atoms. The Morgan fingerprint density at radius 1 is 1.23 bits per heavy atom. The quantitative estimate of drug-likeness (QED) is 0.842. The van der Waals surface area contributed by atoms with Gasteiger partial charge in [-0.2, -0.15) is 0 Å². The first-order chi connectivity index (χ1) is 12.7. The number of piperidine rings is 1. The van der Waals surface area contributed by atoms with E-state index in [1.54, 1.807) is 7.11 Å². The van der Waals surface area contributed by atoms with Gasteiger partial charge in [-0.15, -0.1) is 0 Å². The van der Waals surface area contributed by atoms with E-state index in [1.165, 1.54) is 42.6 Å². The van der Waals surface area contributed by atoms with Gasteiger partial charge in [0.25, 0.3) is 0 Å². The van der Waals surface area contributed by atoms with Gasteiger partial charge >= 0.3 is 0 Å². The van der Waals surface area contributed by atoms with Crippen LogP contribution in [0, 0.1) is 6.92 Å². The summed E-state index contributed by atoms with van der Waals surface area (Å²) in [7, 11) is 1.70. The molecule has 0 N–H and O–H groups in total. The molecule has 4 nitrogen and oxygen atoms in total. The predicted octanol–water partition coefficient (Wildman–Crippen LogP) is 3.79. The molecule has 1 aliphatic heterocycles. The molecule has 1 aromatic heterocycles. The average Bonchev–Trinajstić information content (AvgIpc) is 3.00. The topological polar surface area (TPSA) is 38.2 Å². The van der Waals surface area contributed by atoms with Crippen molar-refractivity contribution in [2.24, 2.45) is 0 Å². The van der Waals surface area contributed by atoms with Gasteiger partial charge < -0.3 is 4.74 Å². The number of hydrogen-bond donors (Lipinski definition) is 0. The summed E-state index contributed by atoms with van der Waals surface area (Å²) in [6, 6.07) is 8.21. The maximum Gasteiger partial charge on any atom is 0.125 e. The molecule has 1 unspecified atom stereocenters. The normalized spacial score (nSPS) is 22.8. The van der Waals surface area contributed by atoms with Crippen LogP contribution in [0.1, 0.15) is 41.9 Å². The van der Waals surface area contributed by atoms with Crippen LogP contribution in [0.25, 0.3) is 6.08 Å². The summed E-state index contributed by atoms with van der Waals surface area (Å²) in [4.78, 5) is 11.8. The highest BCUT2D eigenvalue weighted by molar-refractivity contribution is 5.50. The van der Waals surface area contributed by atoms with E-state index >= 15 is 0 Å². The van der Waals surface area contributed by atoms with E-state index in [4.69, 9.17) is 9.72 Å². The van der Waals surface area contributed by atoms with Crippen LogP contribution in [-0.4, -0.2) is 41.6 Å². The van der Waals surface area contributed by atoms with Gasteiger partial charge in [0.05, 0.1) is 12.8 Å². The number of likely N-dealkylation sites (tertiary alicyclic amines) is 1. The van der Waals surface area contributed by atoms with Crippen LogP contribution >= 0.6 is 0 Å². The van der Waals surface area contributed by atoms with Crippen LogP contribution in [0.5, 0.6) is 5.75 Å². The van der Waals surface area contributed by atoms with E-state index in [-0.39, 0.29) is 5.41 Å². The molecular weight excluding hydrogens is 322 g/mol. The zero-order valence-corrected chi connectivity index (χ0v) is 15.7. The third-order valence-corrected chi connectivity index (χ3v) is 5.81. The molecular formula is C22H27N3O. The summed E-state index contributed by atoms with van der Waals surface area (Å²) in [6.07, 6.45) is 11.4. The molecule has 0 amide bonds. The van der Waals surface area contributed by atoms with Gasteiger partial charge in [-0.1, -0.05) is 24.3 Å². The van der Waals surface area contributed by atoms with Gasteiger partial charge in [0.15, 0.2) is 0 Å². The van der Waals surface area contributed by atoms with E-state index in [9.17, 15) is 0 Å². The van der Waals surface area contributed by atoms with Gasteiger partial charge in [-0.05, 0) is 62.4 Å². The second-order valence-electron chi connectivity index (χ2n) is 7.59. The number of nitrogens with zero attached hydrogens (tertiary/aromatic N) is 3. The summed E-state index contributed by atoms with van der Waals surface area (Å²) >= 11 is 0. The summed E-state index contributed by atoms with van der Waals surface area (Å²) in [5.74, 6) is 1.80. The third-order valence-electron chi connectivity index (χ3n) is 5.81. The zero-order chi connectivity index (χ0) is 18.0. The molecule has 0 radical (unpaired) electrons. The van der Waals surface area contributed by atoms with Crippen LogP contribution in [0.3, 0.4) is 0 Å². The molecule has 1 aromatic carbocycles. The van der Waals surface area contributed by atoms with Crippen LogP contribution in [-0.2, 0) is 11.8 Å². The maximum atomic E-state index is 5.22. The smallest absolute Gasteiger partial charge is 0.125 e. The van der Waals surface area contributed by atoms with Crippen molar-refractivity contribution in [1.29, 1.82) is 0 Å². The van der Waals surface area contributed by atoms with E-state index in [0.29, 0.717) is 0 Å². The highest BCUT2D eigenvalue weighted by Gasteiger charge is 2.43. The molecule has 4 heteroatoms. The van der Waals surface area contributed by atoms with Gasteiger partial charge in [0.2, 0.25) is 0 Å². The van der Waals surface area contributed by atoms with Gasteiger partial charge in [0.1, 0.15) is 11.6 Å². The summed E-state index contributed by atoms with van der Waals surface area (Å²) < 4.78 is 5.22. The largest absolute Gasteiger partial charge is 0.497 e. The molecule has 2 aromatic rings. The van der Waals surface area contributed by atoms with E-state index < -0.39 is 0 Å². The second kappa shape index (κ2) is 7.20. The number of hydrogen-bond acceptors (Lipinski definition) is 4. The number of rotatable bonds is 4. The third kappa shape index (κ3) is 3.38. The molecule has 0 bridgehead atoms. The number of ether oxygens (including phenoxy) is 1. The lowest BCUT2D eigenvalue weighted by atomic mass is 9.77. The highest BCUT2D eigenvalue weighted by Crippen LogP contribution is 2.43. The molecule has 26 heavy (non-hydrogen) atoms. The molecule has 1 aliphatic carbocycles. The molecule has 1 saturated heterocycles. The van der Waals surface area contributed by atoms with Crippen molar-refractivity contribution in [3.05, 3.63) is 59.2 Å². The Balaban J connectivity index is 1.43. The minimum atomic E-state index is 0.245. The Kier molecular flexibility index (Phi) is 4.77. The number of aryl methyl sites for hydroxylation is 2. The van der Waals surface area contributed by atoms with E-state index in [0.717, 1.165) is 31.1 Å². The van der Waals surface area contributed by atoms with Gasteiger partial charge in [-0.3, -0.25) is 4.90 Å². The fourth-order valence-electron chi connectivity index (χ4n) is 4.46. The lowest BCUT2D eigenvalue weighted by Gasteiger charge is -2.40. The minimum absolute atomic E-state index is 0.245. The molecule has 2 aliphatic rings. The molecule has 1 fully saturated rings. The zero-order valence-electron chi connectivity index (χ0n) is 15.7. The summed E-state index contributed by atoms with van der Waals surface area (Å²) in [6.45, 7) is 5.29. The van der Waals surface area contributed by atoms with Crippen molar-refractivity contribution in [2.75, 3.05) is 26.7 Å². The maximum absolute atomic E-state index is 5.22. The first-order valence-corrected chi connectivity index (χ1v) is 9.54. The first-order valence-electron chi connectivity index (χ1n) is 9.54. The van der Waals surface area contributed by atoms with E-state index in [2.05, 4.69) is 40.4 Å². The van der Waals surface area contributed by atoms with Crippen LogP contribution in [0.4, 0.5) is 0 Å². The standard InChI is InChI=1S/C22H27N3O/c1-17-23-15-19-10-12-22(21(19)24-17)11-4-14-25(16-22)13-3-5-18-6-8-20(26-2)9-7-18/h3,5-9,15H,4,10-14,16H2,1-2H3/b5-3+. The van der Waals surface area contributed by atoms with Crippen LogP contribution in [0.15, 0.2) is 36.5 Å². The Bertz CT molecular complexity index is 796. The molecule has 136 valence electrons. The number of fused-ring (bicyclic) bond motifs is 2. The van der Waals surface area contributed by atoms with Crippen molar-refractivity contribution in [1.82, 2.24) is 14.9 Å². The highest BCUT2D eigenvalue weighted by atomic mass is 16.5. The lowest BCUT2D eigenvalue weighted by Crippen LogP contribution is -2.45. The summed E-state index contributed by atoms with van der Waals surface area (Å²) in [5, 5.41) is 0. The van der Waals surface area contributed by atoms with Crippen molar-refractivity contribution in [3.63, 3.8) is 0 Å².